The van der Waals surface area contributed by atoms with Crippen molar-refractivity contribution >= 4 is 29.0 Å². The largest absolute Gasteiger partial charge is 0.733 e. The highest BCUT2D eigenvalue weighted by molar-refractivity contribution is 6.05. The Bertz CT molecular complexity index is 1160. The summed E-state index contributed by atoms with van der Waals surface area (Å²) in [6.45, 7) is 0. The van der Waals surface area contributed by atoms with Crippen LogP contribution in [-0.4, -0.2) is 28.2 Å². The number of allylic oxidation sites excluding steroid dienone is 1. The molecule has 1 aromatic carbocycles. The lowest BCUT2D eigenvalue weighted by atomic mass is 9.77. The number of rotatable bonds is 4. The number of para-hydroxylation sites is 1. The molecule has 3 unspecified atom stereocenters. The first-order valence-electron chi connectivity index (χ1n) is 9.52. The zero-order valence-corrected chi connectivity index (χ0v) is 16.0. The molecule has 2 aliphatic rings. The monoisotopic (exact) mass is 418 g/mol. The second kappa shape index (κ2) is 7.38. The van der Waals surface area contributed by atoms with E-state index in [0.717, 1.165) is 0 Å². The molecule has 9 heteroatoms. The summed E-state index contributed by atoms with van der Waals surface area (Å²) in [6, 6.07) is 12.2. The van der Waals surface area contributed by atoms with Gasteiger partial charge in [-0.2, -0.15) is 0 Å². The van der Waals surface area contributed by atoms with Crippen molar-refractivity contribution < 1.29 is 24.0 Å². The summed E-state index contributed by atoms with van der Waals surface area (Å²) in [5.41, 5.74) is 1.52. The maximum atomic E-state index is 12.8. The number of ether oxygens (including phenoxy) is 1. The smallest absolute Gasteiger partial charge is 0.337 e. The molecule has 1 saturated heterocycles. The fourth-order valence-electron chi connectivity index (χ4n) is 4.27. The van der Waals surface area contributed by atoms with Crippen molar-refractivity contribution in [2.45, 2.75) is 12.0 Å². The number of carbonyl (C=O) groups is 2. The highest BCUT2D eigenvalue weighted by Gasteiger charge is 2.55. The minimum absolute atomic E-state index is 0.0224. The van der Waals surface area contributed by atoms with Gasteiger partial charge in [0, 0.05) is 24.0 Å². The SMILES string of the molecule is O=C1OC(=O)C2C1C(c1ccccc1N([O-])O)C=C(c1ccco1)N2c1ccncc1. The number of carbonyl (C=O) groups excluding carboxylic acids is 2. The molecule has 4 heterocycles. The van der Waals surface area contributed by atoms with Crippen molar-refractivity contribution in [3.05, 3.63) is 89.8 Å². The van der Waals surface area contributed by atoms with Gasteiger partial charge in [-0.25, -0.2) is 4.79 Å². The zero-order chi connectivity index (χ0) is 21.5. The Kier molecular flexibility index (Phi) is 4.54. The number of cyclic esters (lactones) is 2. The maximum absolute atomic E-state index is 12.8. The van der Waals surface area contributed by atoms with Gasteiger partial charge in [0.25, 0.3) is 0 Å². The van der Waals surface area contributed by atoms with Crippen molar-refractivity contribution in [3.8, 4) is 0 Å². The Morgan fingerprint density at radius 1 is 1.03 bits per heavy atom. The van der Waals surface area contributed by atoms with Crippen molar-refractivity contribution in [2.24, 2.45) is 5.92 Å². The molecule has 156 valence electrons. The topological polar surface area (TPSA) is 119 Å². The van der Waals surface area contributed by atoms with Crippen molar-refractivity contribution in [3.63, 3.8) is 0 Å². The molecular formula is C22H16N3O6-. The van der Waals surface area contributed by atoms with Gasteiger partial charge in [0.15, 0.2) is 0 Å². The van der Waals surface area contributed by atoms with Crippen LogP contribution in [0.2, 0.25) is 0 Å². The van der Waals surface area contributed by atoms with Crippen LogP contribution < -0.4 is 10.1 Å². The maximum Gasteiger partial charge on any atom is 0.337 e. The third-order valence-corrected chi connectivity index (χ3v) is 5.53. The third kappa shape index (κ3) is 3.07. The number of fused-ring (bicyclic) bond motifs is 1. The van der Waals surface area contributed by atoms with Gasteiger partial charge in [0.1, 0.15) is 11.8 Å². The first kappa shape index (κ1) is 19.0. The number of anilines is 2. The molecule has 0 aliphatic carbocycles. The number of aromatic nitrogens is 1. The van der Waals surface area contributed by atoms with E-state index >= 15 is 0 Å². The van der Waals surface area contributed by atoms with E-state index < -0.39 is 29.8 Å². The Labute approximate surface area is 176 Å². The Morgan fingerprint density at radius 3 is 2.52 bits per heavy atom. The molecule has 3 atom stereocenters. The summed E-state index contributed by atoms with van der Waals surface area (Å²) in [6.07, 6.45) is 6.41. The standard InChI is InChI=1S/C22H16N3O6/c26-21-19-15(14-4-1-2-5-16(14)25(28)29)12-17(18-6-3-11-30-18)24(20(19)22(27)31-21)13-7-9-23-10-8-13/h1-12,15,19-20,28H/q-1. The van der Waals surface area contributed by atoms with Gasteiger partial charge >= 0.3 is 11.9 Å². The Hall–Kier alpha value is -3.95. The van der Waals surface area contributed by atoms with E-state index in [4.69, 9.17) is 9.15 Å². The number of hydrogen-bond donors (Lipinski definition) is 1. The average molecular weight is 418 g/mol. The van der Waals surface area contributed by atoms with Crippen LogP contribution in [0.4, 0.5) is 11.4 Å². The molecule has 1 fully saturated rings. The predicted octanol–water partition coefficient (Wildman–Crippen LogP) is 3.08. The number of furan rings is 1. The van der Waals surface area contributed by atoms with Crippen molar-refractivity contribution in [2.75, 3.05) is 10.1 Å². The van der Waals surface area contributed by atoms with Crippen molar-refractivity contribution in [1.29, 1.82) is 0 Å². The second-order valence-corrected chi connectivity index (χ2v) is 7.17. The third-order valence-electron chi connectivity index (χ3n) is 5.53. The van der Waals surface area contributed by atoms with Gasteiger partial charge < -0.3 is 24.5 Å². The van der Waals surface area contributed by atoms with Gasteiger partial charge in [-0.15, -0.1) is 0 Å². The second-order valence-electron chi connectivity index (χ2n) is 7.17. The lowest BCUT2D eigenvalue weighted by molar-refractivity contribution is -0.153. The molecule has 0 bridgehead atoms. The molecule has 2 aromatic heterocycles. The van der Waals surface area contributed by atoms with Crippen LogP contribution in [0.1, 0.15) is 17.2 Å². The summed E-state index contributed by atoms with van der Waals surface area (Å²) in [7, 11) is 0. The van der Waals surface area contributed by atoms with Crippen LogP contribution in [0.15, 0.2) is 77.7 Å². The van der Waals surface area contributed by atoms with E-state index in [1.54, 1.807) is 65.8 Å². The van der Waals surface area contributed by atoms with E-state index in [9.17, 15) is 20.0 Å². The Morgan fingerprint density at radius 2 is 1.81 bits per heavy atom. The number of hydrogen-bond acceptors (Lipinski definition) is 9. The normalized spacial score (nSPS) is 22.7. The molecular weight excluding hydrogens is 402 g/mol. The van der Waals surface area contributed by atoms with Crippen LogP contribution in [-0.2, 0) is 14.3 Å². The lowest BCUT2D eigenvalue weighted by Gasteiger charge is -2.40. The molecule has 0 saturated carbocycles. The van der Waals surface area contributed by atoms with Crippen LogP contribution in [0.3, 0.4) is 0 Å². The van der Waals surface area contributed by atoms with Crippen LogP contribution >= 0.6 is 0 Å². The van der Waals surface area contributed by atoms with E-state index in [-0.39, 0.29) is 10.9 Å². The number of pyridine rings is 1. The van der Waals surface area contributed by atoms with E-state index in [1.807, 2.05) is 0 Å². The van der Waals surface area contributed by atoms with Crippen LogP contribution in [0.5, 0.6) is 0 Å². The molecule has 31 heavy (non-hydrogen) atoms. The quantitative estimate of drug-likeness (QED) is 0.387. The van der Waals surface area contributed by atoms with E-state index in [1.165, 1.54) is 12.3 Å². The molecule has 3 aromatic rings. The Balaban J connectivity index is 1.76. The molecule has 1 N–H and O–H groups in total. The zero-order valence-electron chi connectivity index (χ0n) is 16.0. The minimum Gasteiger partial charge on any atom is -0.733 e. The summed E-state index contributed by atoms with van der Waals surface area (Å²) < 4.78 is 10.6. The number of nitrogens with zero attached hydrogens (tertiary/aromatic N) is 3. The van der Waals surface area contributed by atoms with Gasteiger partial charge in [0.2, 0.25) is 0 Å². The number of benzene rings is 1. The predicted molar refractivity (Wildman–Crippen MR) is 109 cm³/mol. The molecule has 0 radical (unpaired) electrons. The van der Waals surface area contributed by atoms with Crippen LogP contribution in [0, 0.1) is 11.1 Å². The van der Waals surface area contributed by atoms with Gasteiger partial charge in [-0.1, -0.05) is 18.2 Å². The summed E-state index contributed by atoms with van der Waals surface area (Å²) >= 11 is 0. The van der Waals surface area contributed by atoms with E-state index in [0.29, 0.717) is 22.7 Å². The van der Waals surface area contributed by atoms with Gasteiger partial charge in [0.05, 0.1) is 23.6 Å². The van der Waals surface area contributed by atoms with Crippen LogP contribution in [0.25, 0.3) is 5.70 Å². The first-order chi connectivity index (χ1) is 15.1. The molecule has 2 aliphatic heterocycles. The fraction of sp³-hybridized carbons (Fsp3) is 0.136. The van der Waals surface area contributed by atoms with Gasteiger partial charge in [-0.3, -0.25) is 15.0 Å². The fourth-order valence-corrected chi connectivity index (χ4v) is 4.27. The molecule has 5 rings (SSSR count). The highest BCUT2D eigenvalue weighted by Crippen LogP contribution is 2.48. The van der Waals surface area contributed by atoms with Gasteiger partial charge in [-0.05, 0) is 42.0 Å². The lowest BCUT2D eigenvalue weighted by Crippen LogP contribution is -2.47. The average Bonchev–Trinajstić information content (AvgIpc) is 3.42. The molecule has 0 spiro atoms. The summed E-state index contributed by atoms with van der Waals surface area (Å²) in [5.74, 6) is -2.58. The van der Waals surface area contributed by atoms with Crippen molar-refractivity contribution in [1.82, 2.24) is 4.98 Å². The summed E-state index contributed by atoms with van der Waals surface area (Å²) in [4.78, 5) is 31.3. The molecule has 0 amide bonds. The minimum atomic E-state index is -0.989. The highest BCUT2D eigenvalue weighted by atomic mass is 16.8. The van der Waals surface area contributed by atoms with E-state index in [2.05, 4.69) is 4.98 Å². The summed E-state index contributed by atoms with van der Waals surface area (Å²) in [5, 5.41) is 21.1. The first-order valence-corrected chi connectivity index (χ1v) is 9.52. The molecule has 9 nitrogen and oxygen atoms in total. The number of esters is 2.